The van der Waals surface area contributed by atoms with Crippen LogP contribution in [-0.2, 0) is 13.6 Å². The second-order valence-corrected chi connectivity index (χ2v) is 4.09. The van der Waals surface area contributed by atoms with Crippen LogP contribution in [0.5, 0.6) is 0 Å². The summed E-state index contributed by atoms with van der Waals surface area (Å²) in [6.07, 6.45) is 3.44. The maximum atomic E-state index is 11.8. The highest BCUT2D eigenvalue weighted by molar-refractivity contribution is 6.30. The van der Waals surface area contributed by atoms with Crippen molar-refractivity contribution in [3.05, 3.63) is 53.1 Å². The van der Waals surface area contributed by atoms with Crippen molar-refractivity contribution in [2.45, 2.75) is 6.54 Å². The predicted octanol–water partition coefficient (Wildman–Crippen LogP) is 2.00. The van der Waals surface area contributed by atoms with Gasteiger partial charge in [0.25, 0.3) is 5.91 Å². The summed E-state index contributed by atoms with van der Waals surface area (Å²) in [7, 11) is 1.93. The molecule has 0 aromatic carbocycles. The topological polar surface area (TPSA) is 46.9 Å². The number of halogens is 1. The molecule has 0 saturated carbocycles. The Kier molecular flexibility index (Phi) is 3.44. The van der Waals surface area contributed by atoms with Gasteiger partial charge in [-0.1, -0.05) is 11.6 Å². The van der Waals surface area contributed by atoms with Crippen LogP contribution in [0.15, 0.2) is 36.7 Å². The first-order chi connectivity index (χ1) is 8.16. The van der Waals surface area contributed by atoms with Gasteiger partial charge in [-0.3, -0.25) is 9.78 Å². The Bertz CT molecular complexity index is 536. The second kappa shape index (κ2) is 5.01. The Labute approximate surface area is 104 Å². The number of rotatable bonds is 3. The summed E-state index contributed by atoms with van der Waals surface area (Å²) in [6.45, 7) is 0.469. The number of carbonyl (C=O) groups excluding carboxylic acids is 1. The van der Waals surface area contributed by atoms with Crippen molar-refractivity contribution in [2.24, 2.45) is 7.05 Å². The molecule has 0 aliphatic heterocycles. The zero-order valence-corrected chi connectivity index (χ0v) is 10.1. The Morgan fingerprint density at radius 2 is 2.35 bits per heavy atom. The lowest BCUT2D eigenvalue weighted by atomic mass is 10.3. The first-order valence-electron chi connectivity index (χ1n) is 5.17. The lowest BCUT2D eigenvalue weighted by Crippen LogP contribution is -2.24. The van der Waals surface area contributed by atoms with Gasteiger partial charge >= 0.3 is 0 Å². The van der Waals surface area contributed by atoms with Crippen molar-refractivity contribution >= 4 is 17.5 Å². The molecule has 2 heterocycles. The third-order valence-corrected chi connectivity index (χ3v) is 2.67. The quantitative estimate of drug-likeness (QED) is 0.905. The van der Waals surface area contributed by atoms with Crippen LogP contribution < -0.4 is 5.32 Å². The third kappa shape index (κ3) is 2.85. The highest BCUT2D eigenvalue weighted by atomic mass is 35.5. The smallest absolute Gasteiger partial charge is 0.270 e. The minimum absolute atomic E-state index is 0.228. The van der Waals surface area contributed by atoms with Gasteiger partial charge in [0.15, 0.2) is 0 Å². The first-order valence-corrected chi connectivity index (χ1v) is 5.54. The van der Waals surface area contributed by atoms with Crippen LogP contribution in [0, 0.1) is 0 Å². The maximum absolute atomic E-state index is 11.8. The van der Waals surface area contributed by atoms with Crippen LogP contribution >= 0.6 is 11.6 Å². The number of aryl methyl sites for hydroxylation is 1. The average molecular weight is 250 g/mol. The first kappa shape index (κ1) is 11.7. The molecule has 1 amide bonds. The van der Waals surface area contributed by atoms with Gasteiger partial charge in [-0.25, -0.2) is 0 Å². The van der Waals surface area contributed by atoms with Gasteiger partial charge in [0.2, 0.25) is 0 Å². The largest absolute Gasteiger partial charge is 0.353 e. The van der Waals surface area contributed by atoms with Crippen molar-refractivity contribution in [3.63, 3.8) is 0 Å². The summed E-state index contributed by atoms with van der Waals surface area (Å²) in [6, 6.07) is 7.06. The molecule has 2 aromatic rings. The molecule has 1 N–H and O–H groups in total. The molecule has 0 saturated heterocycles. The van der Waals surface area contributed by atoms with Crippen LogP contribution in [0.3, 0.4) is 0 Å². The second-order valence-electron chi connectivity index (χ2n) is 3.65. The van der Waals surface area contributed by atoms with Crippen LogP contribution in [0.25, 0.3) is 0 Å². The van der Waals surface area contributed by atoms with E-state index in [1.807, 2.05) is 29.9 Å². The van der Waals surface area contributed by atoms with Crippen LogP contribution in [0.2, 0.25) is 5.02 Å². The Morgan fingerprint density at radius 1 is 1.53 bits per heavy atom. The molecular weight excluding hydrogens is 238 g/mol. The van der Waals surface area contributed by atoms with Gasteiger partial charge in [0.05, 0.1) is 6.54 Å². The summed E-state index contributed by atoms with van der Waals surface area (Å²) >= 11 is 5.79. The highest BCUT2D eigenvalue weighted by Gasteiger charge is 2.07. The van der Waals surface area contributed by atoms with Crippen molar-refractivity contribution < 1.29 is 4.79 Å². The SMILES string of the molecule is Cn1cccc1CNC(=O)c1cc(Cl)ccn1. The molecule has 0 spiro atoms. The monoisotopic (exact) mass is 249 g/mol. The predicted molar refractivity (Wildman–Crippen MR) is 65.8 cm³/mol. The minimum atomic E-state index is -0.228. The standard InChI is InChI=1S/C12H12ClN3O/c1-16-6-2-3-10(16)8-15-12(17)11-7-9(13)4-5-14-11/h2-7H,8H2,1H3,(H,15,17). The highest BCUT2D eigenvalue weighted by Crippen LogP contribution is 2.08. The van der Waals surface area contributed by atoms with E-state index in [4.69, 9.17) is 11.6 Å². The molecule has 17 heavy (non-hydrogen) atoms. The molecule has 0 bridgehead atoms. The molecule has 4 nitrogen and oxygen atoms in total. The number of hydrogen-bond donors (Lipinski definition) is 1. The van der Waals surface area contributed by atoms with Crippen LogP contribution in [0.4, 0.5) is 0 Å². The van der Waals surface area contributed by atoms with E-state index in [0.717, 1.165) is 5.69 Å². The number of aromatic nitrogens is 2. The summed E-state index contributed by atoms with van der Waals surface area (Å²) in [5, 5.41) is 3.29. The van der Waals surface area contributed by atoms with E-state index in [2.05, 4.69) is 10.3 Å². The minimum Gasteiger partial charge on any atom is -0.353 e. The Hall–Kier alpha value is -1.81. The molecule has 0 atom stereocenters. The molecule has 0 unspecified atom stereocenters. The van der Waals surface area contributed by atoms with E-state index in [0.29, 0.717) is 17.3 Å². The van der Waals surface area contributed by atoms with Crippen LogP contribution in [-0.4, -0.2) is 15.5 Å². The van der Waals surface area contributed by atoms with Crippen LogP contribution in [0.1, 0.15) is 16.2 Å². The molecule has 5 heteroatoms. The van der Waals surface area contributed by atoms with Gasteiger partial charge in [-0.05, 0) is 24.3 Å². The molecule has 2 rings (SSSR count). The van der Waals surface area contributed by atoms with E-state index in [-0.39, 0.29) is 5.91 Å². The molecule has 2 aromatic heterocycles. The van der Waals surface area contributed by atoms with Gasteiger partial charge in [0.1, 0.15) is 5.69 Å². The Balaban J connectivity index is 2.01. The van der Waals surface area contributed by atoms with Crippen molar-refractivity contribution in [3.8, 4) is 0 Å². The Morgan fingerprint density at radius 3 is 3.00 bits per heavy atom. The van der Waals surface area contributed by atoms with Crippen molar-refractivity contribution in [1.82, 2.24) is 14.9 Å². The fourth-order valence-corrected chi connectivity index (χ4v) is 1.63. The molecule has 0 radical (unpaired) electrons. The number of nitrogens with one attached hydrogen (secondary N) is 1. The number of amides is 1. The number of pyridine rings is 1. The van der Waals surface area contributed by atoms with E-state index in [1.165, 1.54) is 6.20 Å². The number of carbonyl (C=O) groups is 1. The summed E-state index contributed by atoms with van der Waals surface area (Å²) < 4.78 is 1.95. The van der Waals surface area contributed by atoms with Gasteiger partial charge in [-0.2, -0.15) is 0 Å². The van der Waals surface area contributed by atoms with Gasteiger partial charge < -0.3 is 9.88 Å². The summed E-state index contributed by atoms with van der Waals surface area (Å²) in [4.78, 5) is 15.7. The molecule has 0 aliphatic rings. The van der Waals surface area contributed by atoms with E-state index in [9.17, 15) is 4.79 Å². The van der Waals surface area contributed by atoms with Gasteiger partial charge in [-0.15, -0.1) is 0 Å². The third-order valence-electron chi connectivity index (χ3n) is 2.44. The summed E-state index contributed by atoms with van der Waals surface area (Å²) in [5.74, 6) is -0.228. The van der Waals surface area contributed by atoms with Crippen molar-refractivity contribution in [1.29, 1.82) is 0 Å². The average Bonchev–Trinajstić information content (AvgIpc) is 2.72. The fraction of sp³-hybridized carbons (Fsp3) is 0.167. The van der Waals surface area contributed by atoms with Gasteiger partial charge in [0, 0.05) is 30.2 Å². The molecular formula is C12H12ClN3O. The molecule has 0 fully saturated rings. The lowest BCUT2D eigenvalue weighted by molar-refractivity contribution is 0.0945. The van der Waals surface area contributed by atoms with E-state index in [1.54, 1.807) is 12.1 Å². The van der Waals surface area contributed by atoms with E-state index >= 15 is 0 Å². The fourth-order valence-electron chi connectivity index (χ4n) is 1.47. The maximum Gasteiger partial charge on any atom is 0.270 e. The van der Waals surface area contributed by atoms with E-state index < -0.39 is 0 Å². The number of hydrogen-bond acceptors (Lipinski definition) is 2. The number of nitrogens with zero attached hydrogens (tertiary/aromatic N) is 2. The molecule has 0 aliphatic carbocycles. The lowest BCUT2D eigenvalue weighted by Gasteiger charge is -2.06. The normalized spacial score (nSPS) is 10.2. The zero-order chi connectivity index (χ0) is 12.3. The zero-order valence-electron chi connectivity index (χ0n) is 9.35. The summed E-state index contributed by atoms with van der Waals surface area (Å²) in [5.41, 5.74) is 1.35. The van der Waals surface area contributed by atoms with Crippen molar-refractivity contribution in [2.75, 3.05) is 0 Å². The molecule has 88 valence electrons.